The van der Waals surface area contributed by atoms with E-state index in [1.165, 1.54) is 4.57 Å². The van der Waals surface area contributed by atoms with Gasteiger partial charge in [-0.25, -0.2) is 4.79 Å². The number of aliphatic hydroxyl groups is 1. The zero-order valence-corrected chi connectivity index (χ0v) is 13.1. The maximum absolute atomic E-state index is 12.3. The highest BCUT2D eigenvalue weighted by molar-refractivity contribution is 5.89. The van der Waals surface area contributed by atoms with Gasteiger partial charge in [0.2, 0.25) is 0 Å². The fourth-order valence-corrected chi connectivity index (χ4v) is 1.98. The van der Waals surface area contributed by atoms with Crippen molar-refractivity contribution < 1.29 is 9.90 Å². The zero-order valence-electron chi connectivity index (χ0n) is 13.1. The predicted molar refractivity (Wildman–Crippen MR) is 83.6 cm³/mol. The van der Waals surface area contributed by atoms with Crippen molar-refractivity contribution in [2.24, 2.45) is 7.05 Å². The number of carbonyl (C=O) groups excluding carboxylic acids is 1. The van der Waals surface area contributed by atoms with Gasteiger partial charge in [-0.15, -0.1) is 0 Å². The van der Waals surface area contributed by atoms with Crippen molar-refractivity contribution in [2.75, 3.05) is 25.0 Å². The van der Waals surface area contributed by atoms with E-state index in [0.29, 0.717) is 25.2 Å². The van der Waals surface area contributed by atoms with Crippen molar-refractivity contribution in [1.29, 1.82) is 0 Å². The average Bonchev–Trinajstić information content (AvgIpc) is 2.47. The number of anilines is 1. The molecule has 0 radical (unpaired) electrons. The number of amides is 2. The standard InChI is InChI=1S/C15H25N3O3/c1-4-5-8-18(9-6-11-19)15(21)16-13-12(2)7-10-17(3)14(13)20/h7,10,19H,4-6,8-9,11H2,1-3H3,(H,16,21). The molecule has 0 aromatic carbocycles. The van der Waals surface area contributed by atoms with Crippen molar-refractivity contribution in [1.82, 2.24) is 9.47 Å². The van der Waals surface area contributed by atoms with Crippen LogP contribution in [0.5, 0.6) is 0 Å². The number of nitrogens with zero attached hydrogens (tertiary/aromatic N) is 2. The smallest absolute Gasteiger partial charge is 0.322 e. The lowest BCUT2D eigenvalue weighted by Crippen LogP contribution is -2.38. The molecular formula is C15H25N3O3. The Morgan fingerprint density at radius 3 is 2.67 bits per heavy atom. The molecule has 0 aliphatic rings. The van der Waals surface area contributed by atoms with Gasteiger partial charge in [-0.05, 0) is 31.4 Å². The molecule has 2 amide bonds. The highest BCUT2D eigenvalue weighted by atomic mass is 16.3. The molecule has 1 aromatic heterocycles. The molecule has 0 saturated carbocycles. The van der Waals surface area contributed by atoms with Crippen LogP contribution < -0.4 is 10.9 Å². The van der Waals surface area contributed by atoms with Gasteiger partial charge in [0.15, 0.2) is 0 Å². The number of aliphatic hydroxyl groups excluding tert-OH is 1. The maximum atomic E-state index is 12.3. The predicted octanol–water partition coefficient (Wildman–Crippen LogP) is 1.71. The van der Waals surface area contributed by atoms with Crippen LogP contribution in [0.4, 0.5) is 10.5 Å². The summed E-state index contributed by atoms with van der Waals surface area (Å²) < 4.78 is 1.44. The molecule has 0 aliphatic heterocycles. The van der Waals surface area contributed by atoms with Gasteiger partial charge in [-0.3, -0.25) is 4.79 Å². The van der Waals surface area contributed by atoms with Gasteiger partial charge in [0.1, 0.15) is 5.69 Å². The molecule has 1 rings (SSSR count). The first-order valence-electron chi connectivity index (χ1n) is 7.34. The molecule has 0 bridgehead atoms. The number of urea groups is 1. The van der Waals surface area contributed by atoms with Crippen LogP contribution in [0, 0.1) is 6.92 Å². The van der Waals surface area contributed by atoms with Gasteiger partial charge in [0.25, 0.3) is 5.56 Å². The Labute approximate surface area is 125 Å². The van der Waals surface area contributed by atoms with Gasteiger partial charge >= 0.3 is 6.03 Å². The number of carbonyl (C=O) groups is 1. The van der Waals surface area contributed by atoms with Crippen molar-refractivity contribution in [3.8, 4) is 0 Å². The summed E-state index contributed by atoms with van der Waals surface area (Å²) in [5, 5.41) is 11.6. The molecule has 0 unspecified atom stereocenters. The molecule has 0 atom stereocenters. The van der Waals surface area contributed by atoms with Gasteiger partial charge in [0, 0.05) is 32.9 Å². The van der Waals surface area contributed by atoms with Crippen molar-refractivity contribution in [2.45, 2.75) is 33.1 Å². The molecule has 0 saturated heterocycles. The van der Waals surface area contributed by atoms with Crippen LogP contribution in [0.1, 0.15) is 31.7 Å². The SMILES string of the molecule is CCCCN(CCCO)C(=O)Nc1c(C)ccn(C)c1=O. The van der Waals surface area contributed by atoms with Gasteiger partial charge < -0.3 is 19.9 Å². The van der Waals surface area contributed by atoms with E-state index >= 15 is 0 Å². The van der Waals surface area contributed by atoms with Crippen LogP contribution in [-0.4, -0.2) is 40.3 Å². The first-order valence-corrected chi connectivity index (χ1v) is 7.34. The van der Waals surface area contributed by atoms with E-state index < -0.39 is 0 Å². The molecule has 6 heteroatoms. The number of aromatic nitrogens is 1. The van der Waals surface area contributed by atoms with E-state index in [2.05, 4.69) is 12.2 Å². The second-order valence-electron chi connectivity index (χ2n) is 5.14. The number of hydrogen-bond acceptors (Lipinski definition) is 3. The third kappa shape index (κ3) is 4.90. The molecule has 0 aliphatic carbocycles. The molecule has 2 N–H and O–H groups in total. The lowest BCUT2D eigenvalue weighted by atomic mass is 10.2. The Hall–Kier alpha value is -1.82. The molecular weight excluding hydrogens is 270 g/mol. The second-order valence-corrected chi connectivity index (χ2v) is 5.14. The minimum atomic E-state index is -0.289. The first kappa shape index (κ1) is 17.2. The summed E-state index contributed by atoms with van der Waals surface area (Å²) in [4.78, 5) is 26.0. The van der Waals surface area contributed by atoms with Gasteiger partial charge in [-0.1, -0.05) is 13.3 Å². The Morgan fingerprint density at radius 2 is 2.05 bits per heavy atom. The van der Waals surface area contributed by atoms with Crippen LogP contribution in [0.25, 0.3) is 0 Å². The average molecular weight is 295 g/mol. The summed E-state index contributed by atoms with van der Waals surface area (Å²) in [5.74, 6) is 0. The van der Waals surface area contributed by atoms with Crippen LogP contribution >= 0.6 is 0 Å². The summed E-state index contributed by atoms with van der Waals surface area (Å²) in [7, 11) is 1.65. The molecule has 6 nitrogen and oxygen atoms in total. The minimum absolute atomic E-state index is 0.0437. The summed E-state index contributed by atoms with van der Waals surface area (Å²) >= 11 is 0. The van der Waals surface area contributed by atoms with Crippen LogP contribution in [0.2, 0.25) is 0 Å². The molecule has 118 valence electrons. The number of aryl methyl sites for hydroxylation is 2. The van der Waals surface area contributed by atoms with Gasteiger partial charge in [-0.2, -0.15) is 0 Å². The lowest BCUT2D eigenvalue weighted by molar-refractivity contribution is 0.201. The van der Waals surface area contributed by atoms with E-state index in [1.54, 1.807) is 31.1 Å². The number of rotatable bonds is 7. The summed E-state index contributed by atoms with van der Waals surface area (Å²) in [6, 6.07) is 1.50. The minimum Gasteiger partial charge on any atom is -0.396 e. The highest BCUT2D eigenvalue weighted by Crippen LogP contribution is 2.09. The third-order valence-electron chi connectivity index (χ3n) is 3.36. The fraction of sp³-hybridized carbons (Fsp3) is 0.600. The highest BCUT2D eigenvalue weighted by Gasteiger charge is 2.15. The van der Waals surface area contributed by atoms with E-state index in [9.17, 15) is 9.59 Å². The number of hydrogen-bond donors (Lipinski definition) is 2. The number of unbranched alkanes of at least 4 members (excludes halogenated alkanes) is 1. The first-order chi connectivity index (χ1) is 10.0. The normalized spacial score (nSPS) is 10.5. The fourth-order valence-electron chi connectivity index (χ4n) is 1.98. The largest absolute Gasteiger partial charge is 0.396 e. The van der Waals surface area contributed by atoms with Crippen molar-refractivity contribution in [3.05, 3.63) is 28.2 Å². The quantitative estimate of drug-likeness (QED) is 0.804. The van der Waals surface area contributed by atoms with E-state index in [1.807, 2.05) is 0 Å². The van der Waals surface area contributed by atoms with E-state index in [0.717, 1.165) is 18.4 Å². The lowest BCUT2D eigenvalue weighted by Gasteiger charge is -2.23. The van der Waals surface area contributed by atoms with Crippen LogP contribution in [0.3, 0.4) is 0 Å². The summed E-state index contributed by atoms with van der Waals surface area (Å²) in [6.07, 6.45) is 4.08. The van der Waals surface area contributed by atoms with Gasteiger partial charge in [0.05, 0.1) is 0 Å². The molecule has 21 heavy (non-hydrogen) atoms. The Morgan fingerprint density at radius 1 is 1.38 bits per heavy atom. The zero-order chi connectivity index (χ0) is 15.8. The maximum Gasteiger partial charge on any atom is 0.322 e. The molecule has 0 fully saturated rings. The summed E-state index contributed by atoms with van der Waals surface area (Å²) in [6.45, 7) is 4.99. The van der Waals surface area contributed by atoms with Crippen molar-refractivity contribution >= 4 is 11.7 Å². The molecule has 1 aromatic rings. The monoisotopic (exact) mass is 295 g/mol. The number of pyridine rings is 1. The second kappa shape index (κ2) is 8.46. The summed E-state index contributed by atoms with van der Waals surface area (Å²) in [5.41, 5.74) is 0.834. The molecule has 1 heterocycles. The third-order valence-corrected chi connectivity index (χ3v) is 3.36. The Kier molecular flexibility index (Phi) is 6.94. The van der Waals surface area contributed by atoms with E-state index in [4.69, 9.17) is 5.11 Å². The Balaban J connectivity index is 2.85. The topological polar surface area (TPSA) is 74.6 Å². The van der Waals surface area contributed by atoms with Crippen molar-refractivity contribution in [3.63, 3.8) is 0 Å². The van der Waals surface area contributed by atoms with Crippen LogP contribution in [0.15, 0.2) is 17.1 Å². The Bertz CT molecular complexity index is 517. The molecule has 0 spiro atoms. The van der Waals surface area contributed by atoms with Crippen LogP contribution in [-0.2, 0) is 7.05 Å². The van der Waals surface area contributed by atoms with E-state index in [-0.39, 0.29) is 18.2 Å². The number of nitrogens with one attached hydrogen (secondary N) is 1.